The van der Waals surface area contributed by atoms with Gasteiger partial charge in [-0.25, -0.2) is 8.18 Å². The molecule has 0 bridgehead atoms. The summed E-state index contributed by atoms with van der Waals surface area (Å²) in [5, 5.41) is 0. The summed E-state index contributed by atoms with van der Waals surface area (Å²) >= 11 is 3.49. The fourth-order valence-corrected chi connectivity index (χ4v) is 4.01. The van der Waals surface area contributed by atoms with Gasteiger partial charge in [-0.15, -0.1) is 0 Å². The minimum absolute atomic E-state index is 0.397. The molecule has 7 heteroatoms. The third kappa shape index (κ3) is 5.35. The standard InChI is InChI=1S/C5H13O4PS2/c1-4-7-10(11,8-5-2)9-12(3)6/h4-5H2,1-3H3. The molecule has 0 spiro atoms. The highest BCUT2D eigenvalue weighted by atomic mass is 32.5. The summed E-state index contributed by atoms with van der Waals surface area (Å²) in [6.45, 7) is 1.61. The van der Waals surface area contributed by atoms with Crippen LogP contribution in [0.5, 0.6) is 0 Å². The van der Waals surface area contributed by atoms with E-state index in [9.17, 15) is 4.21 Å². The molecule has 0 N–H and O–H groups in total. The maximum absolute atomic E-state index is 10.7. The van der Waals surface area contributed by atoms with E-state index in [1.807, 2.05) is 0 Å². The third-order valence-corrected chi connectivity index (χ3v) is 4.67. The first-order valence-corrected chi connectivity index (χ1v) is 7.50. The lowest BCUT2D eigenvalue weighted by Gasteiger charge is -2.17. The lowest BCUT2D eigenvalue weighted by Crippen LogP contribution is -2.00. The van der Waals surface area contributed by atoms with Crippen molar-refractivity contribution < 1.29 is 17.2 Å². The van der Waals surface area contributed by atoms with E-state index in [0.29, 0.717) is 13.2 Å². The van der Waals surface area contributed by atoms with Gasteiger partial charge in [-0.2, -0.15) is 0 Å². The van der Waals surface area contributed by atoms with Gasteiger partial charge < -0.3 is 9.05 Å². The molecule has 0 aromatic carbocycles. The number of rotatable bonds is 6. The normalized spacial score (nSPS) is 14.6. The van der Waals surface area contributed by atoms with Crippen molar-refractivity contribution in [3.63, 3.8) is 0 Å². The monoisotopic (exact) mass is 232 g/mol. The average molecular weight is 232 g/mol. The van der Waals surface area contributed by atoms with Gasteiger partial charge in [-0.1, -0.05) is 0 Å². The Labute approximate surface area is 80.5 Å². The second kappa shape index (κ2) is 6.18. The van der Waals surface area contributed by atoms with E-state index in [0.717, 1.165) is 0 Å². The van der Waals surface area contributed by atoms with E-state index in [-0.39, 0.29) is 0 Å². The summed E-state index contributed by atoms with van der Waals surface area (Å²) in [6, 6.07) is 0. The van der Waals surface area contributed by atoms with Crippen LogP contribution in [0.2, 0.25) is 0 Å². The second-order valence-electron chi connectivity index (χ2n) is 1.76. The molecule has 0 saturated heterocycles. The molecule has 0 aliphatic rings. The van der Waals surface area contributed by atoms with Gasteiger partial charge in [0.1, 0.15) is 0 Å². The molecule has 0 aromatic heterocycles. The quantitative estimate of drug-likeness (QED) is 0.651. The molecule has 1 unspecified atom stereocenters. The molecule has 0 aliphatic carbocycles. The Morgan fingerprint density at radius 3 is 2.00 bits per heavy atom. The SMILES string of the molecule is CCOP(=S)(OCC)OS(C)=O. The summed E-state index contributed by atoms with van der Waals surface area (Å²) in [5.41, 5.74) is 0. The summed E-state index contributed by atoms with van der Waals surface area (Å²) < 4.78 is 25.7. The van der Waals surface area contributed by atoms with Crippen LogP contribution in [0.4, 0.5) is 0 Å². The van der Waals surface area contributed by atoms with Gasteiger partial charge in [-0.3, -0.25) is 0 Å². The molecular formula is C5H13O4PS2. The highest BCUT2D eigenvalue weighted by Gasteiger charge is 2.21. The van der Waals surface area contributed by atoms with Crippen LogP contribution < -0.4 is 0 Å². The first kappa shape index (κ1) is 12.7. The molecule has 0 aliphatic heterocycles. The van der Waals surface area contributed by atoms with Crippen LogP contribution in [0.1, 0.15) is 13.8 Å². The molecule has 1 atom stereocenters. The zero-order valence-corrected chi connectivity index (χ0v) is 9.84. The van der Waals surface area contributed by atoms with Crippen molar-refractivity contribution in [2.24, 2.45) is 0 Å². The Balaban J connectivity index is 4.18. The fraction of sp³-hybridized carbons (Fsp3) is 1.00. The second-order valence-corrected chi connectivity index (χ2v) is 5.91. The van der Waals surface area contributed by atoms with E-state index in [2.05, 4.69) is 0 Å². The van der Waals surface area contributed by atoms with E-state index in [1.54, 1.807) is 13.8 Å². The molecule has 74 valence electrons. The summed E-state index contributed by atoms with van der Waals surface area (Å²) in [4.78, 5) is 0. The molecule has 0 saturated carbocycles. The van der Waals surface area contributed by atoms with Gasteiger partial charge in [0.05, 0.1) is 13.2 Å². The molecule has 0 fully saturated rings. The zero-order valence-electron chi connectivity index (χ0n) is 7.31. The number of hydrogen-bond acceptors (Lipinski definition) is 5. The van der Waals surface area contributed by atoms with Crippen LogP contribution in [0.15, 0.2) is 0 Å². The zero-order chi connectivity index (χ0) is 9.61. The maximum Gasteiger partial charge on any atom is 0.340 e. The van der Waals surface area contributed by atoms with E-state index in [4.69, 9.17) is 24.8 Å². The van der Waals surface area contributed by atoms with Crippen molar-refractivity contribution >= 4 is 29.6 Å². The Morgan fingerprint density at radius 1 is 1.33 bits per heavy atom. The smallest absolute Gasteiger partial charge is 0.308 e. The highest BCUT2D eigenvalue weighted by Crippen LogP contribution is 2.50. The Hall–Kier alpha value is 0.680. The maximum atomic E-state index is 10.7. The Kier molecular flexibility index (Phi) is 6.53. The lowest BCUT2D eigenvalue weighted by atomic mass is 10.9. The van der Waals surface area contributed by atoms with Crippen molar-refractivity contribution in [2.75, 3.05) is 19.5 Å². The van der Waals surface area contributed by atoms with Crippen LogP contribution in [0.3, 0.4) is 0 Å². The first-order chi connectivity index (χ1) is 5.54. The minimum Gasteiger partial charge on any atom is -0.308 e. The molecule has 4 nitrogen and oxygen atoms in total. The molecule has 0 rings (SSSR count). The molecule has 0 amide bonds. The highest BCUT2D eigenvalue weighted by molar-refractivity contribution is 8.10. The van der Waals surface area contributed by atoms with Crippen molar-refractivity contribution in [1.82, 2.24) is 0 Å². The van der Waals surface area contributed by atoms with Crippen LogP contribution in [0, 0.1) is 0 Å². The number of hydrogen-bond donors (Lipinski definition) is 0. The molecule has 0 radical (unpaired) electrons. The summed E-state index contributed by atoms with van der Waals surface area (Å²) in [6.07, 6.45) is 1.39. The topological polar surface area (TPSA) is 44.8 Å². The van der Waals surface area contributed by atoms with E-state index >= 15 is 0 Å². The van der Waals surface area contributed by atoms with Gasteiger partial charge >= 0.3 is 6.72 Å². The van der Waals surface area contributed by atoms with Crippen LogP contribution in [-0.4, -0.2) is 23.7 Å². The molecule has 12 heavy (non-hydrogen) atoms. The minimum atomic E-state index is -2.74. The van der Waals surface area contributed by atoms with Crippen molar-refractivity contribution in [3.05, 3.63) is 0 Å². The van der Waals surface area contributed by atoms with Gasteiger partial charge in [0.25, 0.3) is 0 Å². The Bertz CT molecular complexity index is 186. The van der Waals surface area contributed by atoms with Gasteiger partial charge in [0.15, 0.2) is 11.1 Å². The molecular weight excluding hydrogens is 219 g/mol. The molecule has 0 aromatic rings. The van der Waals surface area contributed by atoms with Crippen molar-refractivity contribution in [1.29, 1.82) is 0 Å². The largest absolute Gasteiger partial charge is 0.340 e. The first-order valence-electron chi connectivity index (χ1n) is 3.46. The lowest BCUT2D eigenvalue weighted by molar-refractivity contribution is 0.223. The van der Waals surface area contributed by atoms with E-state index in [1.165, 1.54) is 6.26 Å². The van der Waals surface area contributed by atoms with Gasteiger partial charge in [0.2, 0.25) is 0 Å². The average Bonchev–Trinajstić information content (AvgIpc) is 1.85. The fourth-order valence-electron chi connectivity index (χ4n) is 0.525. The predicted molar refractivity (Wildman–Crippen MR) is 52.7 cm³/mol. The van der Waals surface area contributed by atoms with Crippen LogP contribution >= 0.6 is 6.72 Å². The van der Waals surface area contributed by atoms with Crippen LogP contribution in [0.25, 0.3) is 0 Å². The van der Waals surface area contributed by atoms with Crippen LogP contribution in [-0.2, 0) is 35.9 Å². The predicted octanol–water partition coefficient (Wildman–Crippen LogP) is 1.59. The van der Waals surface area contributed by atoms with Gasteiger partial charge in [-0.05, 0) is 25.7 Å². The molecule has 0 heterocycles. The Morgan fingerprint density at radius 2 is 1.75 bits per heavy atom. The van der Waals surface area contributed by atoms with E-state index < -0.39 is 17.8 Å². The van der Waals surface area contributed by atoms with Gasteiger partial charge in [0, 0.05) is 6.26 Å². The third-order valence-electron chi connectivity index (χ3n) is 0.771. The van der Waals surface area contributed by atoms with Crippen molar-refractivity contribution in [2.45, 2.75) is 13.8 Å². The summed E-state index contributed by atoms with van der Waals surface area (Å²) in [7, 11) is 0. The van der Waals surface area contributed by atoms with Crippen molar-refractivity contribution in [3.8, 4) is 0 Å². The summed E-state index contributed by atoms with van der Waals surface area (Å²) in [5.74, 6) is 0.